The largest absolute Gasteiger partial charge is 0.319 e. The average Bonchev–Trinajstić information content (AvgIpc) is 2.86. The van der Waals surface area contributed by atoms with Crippen molar-refractivity contribution < 1.29 is 18.8 Å². The highest BCUT2D eigenvalue weighted by molar-refractivity contribution is 6.31. The molecule has 0 unspecified atom stereocenters. The first-order chi connectivity index (χ1) is 12.4. The molecule has 1 N–H and O–H groups in total. The predicted octanol–water partition coefficient (Wildman–Crippen LogP) is 4.13. The van der Waals surface area contributed by atoms with Gasteiger partial charge >= 0.3 is 0 Å². The molecule has 26 heavy (non-hydrogen) atoms. The van der Waals surface area contributed by atoms with E-state index in [2.05, 4.69) is 5.32 Å². The minimum Gasteiger partial charge on any atom is -0.319 e. The molecule has 1 aliphatic rings. The predicted molar refractivity (Wildman–Crippen MR) is 96.1 cm³/mol. The lowest BCUT2D eigenvalue weighted by atomic mass is 10.1. The van der Waals surface area contributed by atoms with Crippen LogP contribution in [0.1, 0.15) is 50.8 Å². The lowest BCUT2D eigenvalue weighted by molar-refractivity contribution is 0.0652. The van der Waals surface area contributed by atoms with Crippen LogP contribution in [0.4, 0.5) is 10.1 Å². The summed E-state index contributed by atoms with van der Waals surface area (Å²) in [6.07, 6.45) is 1.57. The van der Waals surface area contributed by atoms with E-state index >= 15 is 0 Å². The van der Waals surface area contributed by atoms with Crippen LogP contribution in [-0.4, -0.2) is 29.2 Å². The number of anilines is 1. The van der Waals surface area contributed by atoms with Gasteiger partial charge in [0.15, 0.2) is 0 Å². The van der Waals surface area contributed by atoms with Crippen LogP contribution in [0.15, 0.2) is 36.4 Å². The molecule has 0 saturated heterocycles. The highest BCUT2D eigenvalue weighted by Crippen LogP contribution is 2.25. The molecule has 2 aromatic rings. The van der Waals surface area contributed by atoms with Crippen LogP contribution in [0.25, 0.3) is 0 Å². The van der Waals surface area contributed by atoms with Crippen molar-refractivity contribution in [1.29, 1.82) is 0 Å². The van der Waals surface area contributed by atoms with Crippen molar-refractivity contribution in [2.24, 2.45) is 0 Å². The lowest BCUT2D eigenvalue weighted by Gasteiger charge is -2.12. The summed E-state index contributed by atoms with van der Waals surface area (Å²) in [7, 11) is 0. The summed E-state index contributed by atoms with van der Waals surface area (Å²) in [5, 5.41) is 2.70. The molecule has 0 aliphatic carbocycles. The molecule has 2 aromatic carbocycles. The summed E-state index contributed by atoms with van der Waals surface area (Å²) < 4.78 is 13.8. The second-order valence-electron chi connectivity index (χ2n) is 5.95. The van der Waals surface area contributed by atoms with Gasteiger partial charge in [-0.05, 0) is 42.8 Å². The van der Waals surface area contributed by atoms with Crippen molar-refractivity contribution in [1.82, 2.24) is 4.90 Å². The van der Waals surface area contributed by atoms with Gasteiger partial charge in [0.25, 0.3) is 17.7 Å². The Bertz CT molecular complexity index is 914. The highest BCUT2D eigenvalue weighted by Gasteiger charge is 2.35. The molecule has 5 nitrogen and oxygen atoms in total. The molecule has 1 heterocycles. The van der Waals surface area contributed by atoms with E-state index in [1.807, 2.05) is 6.92 Å². The van der Waals surface area contributed by atoms with Crippen LogP contribution in [0.5, 0.6) is 0 Å². The van der Waals surface area contributed by atoms with Crippen molar-refractivity contribution in [3.05, 3.63) is 63.9 Å². The summed E-state index contributed by atoms with van der Waals surface area (Å²) in [5.41, 5.74) is 0.554. The van der Waals surface area contributed by atoms with Crippen molar-refractivity contribution in [3.63, 3.8) is 0 Å². The van der Waals surface area contributed by atoms with Crippen molar-refractivity contribution >= 4 is 35.0 Å². The third-order valence-electron chi connectivity index (χ3n) is 4.14. The number of imide groups is 1. The van der Waals surface area contributed by atoms with Crippen molar-refractivity contribution in [2.75, 3.05) is 11.9 Å². The Morgan fingerprint density at radius 1 is 1.12 bits per heavy atom. The van der Waals surface area contributed by atoms with E-state index in [0.29, 0.717) is 13.0 Å². The number of nitrogens with zero attached hydrogens (tertiary/aromatic N) is 1. The zero-order chi connectivity index (χ0) is 18.8. The zero-order valence-corrected chi connectivity index (χ0v) is 14.8. The third kappa shape index (κ3) is 3.32. The number of amides is 3. The van der Waals surface area contributed by atoms with E-state index in [0.717, 1.165) is 12.5 Å². The third-order valence-corrected chi connectivity index (χ3v) is 4.38. The molecule has 1 aliphatic heterocycles. The van der Waals surface area contributed by atoms with Gasteiger partial charge in [-0.15, -0.1) is 0 Å². The van der Waals surface area contributed by atoms with Crippen LogP contribution in [0, 0.1) is 5.82 Å². The van der Waals surface area contributed by atoms with Crippen LogP contribution >= 0.6 is 11.6 Å². The summed E-state index contributed by atoms with van der Waals surface area (Å²) in [4.78, 5) is 38.3. The van der Waals surface area contributed by atoms with Gasteiger partial charge in [-0.25, -0.2) is 4.39 Å². The maximum atomic E-state index is 13.8. The Morgan fingerprint density at radius 2 is 1.85 bits per heavy atom. The topological polar surface area (TPSA) is 66.5 Å². The fourth-order valence-corrected chi connectivity index (χ4v) is 2.91. The number of benzene rings is 2. The first-order valence-electron chi connectivity index (χ1n) is 8.19. The first-order valence-corrected chi connectivity index (χ1v) is 8.56. The summed E-state index contributed by atoms with van der Waals surface area (Å²) in [6.45, 7) is 2.31. The minimum atomic E-state index is -0.624. The molecular formula is C19H16ClFN2O3. The normalized spacial score (nSPS) is 13.1. The van der Waals surface area contributed by atoms with E-state index < -0.39 is 17.6 Å². The maximum absolute atomic E-state index is 13.8. The molecule has 7 heteroatoms. The van der Waals surface area contributed by atoms with Gasteiger partial charge in [0, 0.05) is 17.1 Å². The van der Waals surface area contributed by atoms with Crippen LogP contribution in [-0.2, 0) is 0 Å². The SMILES string of the molecule is CCCCN1C(=O)c2ccc(C(=O)Nc3cc(Cl)ccc3F)cc2C1=O. The molecule has 0 bridgehead atoms. The second-order valence-corrected chi connectivity index (χ2v) is 6.39. The Labute approximate surface area is 154 Å². The molecule has 0 atom stereocenters. The van der Waals surface area contributed by atoms with Gasteiger partial charge < -0.3 is 5.32 Å². The molecule has 134 valence electrons. The molecule has 0 fully saturated rings. The van der Waals surface area contributed by atoms with Gasteiger partial charge in [-0.2, -0.15) is 0 Å². The van der Waals surface area contributed by atoms with Gasteiger partial charge in [0.1, 0.15) is 5.82 Å². The van der Waals surface area contributed by atoms with Gasteiger partial charge in [0.05, 0.1) is 16.8 Å². The number of unbranched alkanes of at least 4 members (excludes halogenated alkanes) is 1. The number of rotatable bonds is 5. The van der Waals surface area contributed by atoms with Gasteiger partial charge in [-0.1, -0.05) is 24.9 Å². The summed E-state index contributed by atoms with van der Waals surface area (Å²) >= 11 is 5.81. The van der Waals surface area contributed by atoms with E-state index in [4.69, 9.17) is 11.6 Å². The number of carbonyl (C=O) groups excluding carboxylic acids is 3. The summed E-state index contributed by atoms with van der Waals surface area (Å²) in [5.74, 6) is -1.99. The fourth-order valence-electron chi connectivity index (χ4n) is 2.74. The van der Waals surface area contributed by atoms with Gasteiger partial charge in [-0.3, -0.25) is 19.3 Å². The number of hydrogen-bond acceptors (Lipinski definition) is 3. The molecular weight excluding hydrogens is 359 g/mol. The smallest absolute Gasteiger partial charge is 0.261 e. The second kappa shape index (κ2) is 7.25. The molecule has 3 amide bonds. The molecule has 0 saturated carbocycles. The number of carbonyl (C=O) groups is 3. The highest BCUT2D eigenvalue weighted by atomic mass is 35.5. The van der Waals surface area contributed by atoms with Crippen molar-refractivity contribution in [3.8, 4) is 0 Å². The monoisotopic (exact) mass is 374 g/mol. The average molecular weight is 375 g/mol. The number of hydrogen-bond donors (Lipinski definition) is 1. The molecule has 0 aromatic heterocycles. The minimum absolute atomic E-state index is 0.0602. The molecule has 3 rings (SSSR count). The van der Waals surface area contributed by atoms with E-state index in [1.165, 1.54) is 35.2 Å². The van der Waals surface area contributed by atoms with Crippen molar-refractivity contribution in [2.45, 2.75) is 19.8 Å². The van der Waals surface area contributed by atoms with Crippen LogP contribution in [0.3, 0.4) is 0 Å². The maximum Gasteiger partial charge on any atom is 0.261 e. The van der Waals surface area contributed by atoms with Crippen LogP contribution < -0.4 is 5.32 Å². The number of fused-ring (bicyclic) bond motifs is 1. The Kier molecular flexibility index (Phi) is 5.04. The fraction of sp³-hybridized carbons (Fsp3) is 0.211. The lowest BCUT2D eigenvalue weighted by Crippen LogP contribution is -2.30. The van der Waals surface area contributed by atoms with E-state index in [1.54, 1.807) is 0 Å². The van der Waals surface area contributed by atoms with E-state index in [9.17, 15) is 18.8 Å². The summed E-state index contributed by atoms with van der Waals surface area (Å²) in [6, 6.07) is 8.06. The molecule has 0 spiro atoms. The Balaban J connectivity index is 1.85. The van der Waals surface area contributed by atoms with E-state index in [-0.39, 0.29) is 33.3 Å². The standard InChI is InChI=1S/C19H16ClFN2O3/c1-2-3-8-23-18(25)13-6-4-11(9-14(13)19(23)26)17(24)22-16-10-12(20)5-7-15(16)21/h4-7,9-10H,2-3,8H2,1H3,(H,22,24). The Hall–Kier alpha value is -2.73. The van der Waals surface area contributed by atoms with Crippen LogP contribution in [0.2, 0.25) is 5.02 Å². The zero-order valence-electron chi connectivity index (χ0n) is 14.0. The number of halogens is 2. The van der Waals surface area contributed by atoms with Gasteiger partial charge in [0.2, 0.25) is 0 Å². The first kappa shape index (κ1) is 18.1. The Morgan fingerprint density at radius 3 is 2.58 bits per heavy atom. The molecule has 0 radical (unpaired) electrons. The quantitative estimate of drug-likeness (QED) is 0.800. The number of nitrogens with one attached hydrogen (secondary N) is 1.